The highest BCUT2D eigenvalue weighted by molar-refractivity contribution is 5.88. The number of H-pyrrole nitrogens is 1. The van der Waals surface area contributed by atoms with Crippen LogP contribution in [0.2, 0.25) is 0 Å². The molecule has 0 radical (unpaired) electrons. The predicted molar refractivity (Wildman–Crippen MR) is 73.9 cm³/mol. The van der Waals surface area contributed by atoms with E-state index >= 15 is 0 Å². The number of aromatic amines is 1. The Balaban J connectivity index is 2.05. The van der Waals surface area contributed by atoms with Gasteiger partial charge in [0.2, 0.25) is 0 Å². The van der Waals surface area contributed by atoms with Gasteiger partial charge in [0.15, 0.2) is 0 Å². The fourth-order valence-electron chi connectivity index (χ4n) is 3.10. The summed E-state index contributed by atoms with van der Waals surface area (Å²) in [6.45, 7) is 1.63. The summed E-state index contributed by atoms with van der Waals surface area (Å²) in [6.07, 6.45) is -1.92. The van der Waals surface area contributed by atoms with Crippen molar-refractivity contribution in [3.63, 3.8) is 0 Å². The molecule has 7 heteroatoms. The Morgan fingerprint density at radius 2 is 1.96 bits per heavy atom. The quantitative estimate of drug-likeness (QED) is 0.828. The minimum absolute atomic E-state index is 0.0404. The standard InChI is InChI=1S/C16H13F4NO2/c1-8-11(7-21-13(8)14(22)23)15(4-5-15)9-2-3-10(12(17)6-9)16(18,19)20/h2-3,6-7,21H,4-5H2,1H3,(H,22,23). The van der Waals surface area contributed by atoms with E-state index in [2.05, 4.69) is 4.98 Å². The molecule has 3 rings (SSSR count). The zero-order chi connectivity index (χ0) is 17.0. The molecule has 1 aromatic carbocycles. The molecule has 0 saturated heterocycles. The lowest BCUT2D eigenvalue weighted by molar-refractivity contribution is -0.140. The number of hydrogen-bond acceptors (Lipinski definition) is 1. The Bertz CT molecular complexity index is 788. The highest BCUT2D eigenvalue weighted by Crippen LogP contribution is 2.55. The normalized spacial score (nSPS) is 16.4. The van der Waals surface area contributed by atoms with Crippen LogP contribution in [0.3, 0.4) is 0 Å². The van der Waals surface area contributed by atoms with Crippen LogP contribution < -0.4 is 0 Å². The van der Waals surface area contributed by atoms with Crippen LogP contribution in [0.25, 0.3) is 0 Å². The van der Waals surface area contributed by atoms with E-state index in [0.717, 1.165) is 12.1 Å². The summed E-state index contributed by atoms with van der Waals surface area (Å²) >= 11 is 0. The molecule has 2 aromatic rings. The number of aromatic nitrogens is 1. The van der Waals surface area contributed by atoms with Crippen LogP contribution in [-0.2, 0) is 11.6 Å². The molecule has 1 heterocycles. The van der Waals surface area contributed by atoms with E-state index in [1.807, 2.05) is 0 Å². The van der Waals surface area contributed by atoms with Crippen molar-refractivity contribution in [1.82, 2.24) is 4.98 Å². The second kappa shape index (κ2) is 4.84. The number of aromatic carboxylic acids is 1. The Morgan fingerprint density at radius 3 is 2.39 bits per heavy atom. The number of nitrogens with one attached hydrogen (secondary N) is 1. The first kappa shape index (κ1) is 15.6. The van der Waals surface area contributed by atoms with Crippen LogP contribution in [0.1, 0.15) is 45.6 Å². The highest BCUT2D eigenvalue weighted by Gasteiger charge is 2.48. The predicted octanol–water partition coefficient (Wildman–Crippen LogP) is 4.26. The van der Waals surface area contributed by atoms with Gasteiger partial charge >= 0.3 is 12.1 Å². The summed E-state index contributed by atoms with van der Waals surface area (Å²) in [5.41, 5.74) is -0.224. The number of carboxylic acid groups (broad SMARTS) is 1. The van der Waals surface area contributed by atoms with Gasteiger partial charge in [0.1, 0.15) is 11.5 Å². The molecular weight excluding hydrogens is 314 g/mol. The summed E-state index contributed by atoms with van der Waals surface area (Å²) in [6, 6.07) is 2.92. The van der Waals surface area contributed by atoms with E-state index in [1.165, 1.54) is 6.07 Å². The minimum atomic E-state index is -4.74. The molecule has 3 nitrogen and oxygen atoms in total. The van der Waals surface area contributed by atoms with E-state index in [-0.39, 0.29) is 5.69 Å². The van der Waals surface area contributed by atoms with Gasteiger partial charge in [-0.1, -0.05) is 6.07 Å². The van der Waals surface area contributed by atoms with E-state index in [4.69, 9.17) is 5.11 Å². The maximum Gasteiger partial charge on any atom is 0.419 e. The van der Waals surface area contributed by atoms with Crippen molar-refractivity contribution in [2.24, 2.45) is 0 Å². The average molecular weight is 327 g/mol. The molecule has 1 aliphatic carbocycles. The molecule has 1 aliphatic rings. The fourth-order valence-corrected chi connectivity index (χ4v) is 3.10. The monoisotopic (exact) mass is 327 g/mol. The van der Waals surface area contributed by atoms with Gasteiger partial charge in [0.25, 0.3) is 0 Å². The SMILES string of the molecule is Cc1c(C2(c3ccc(C(F)(F)F)c(F)c3)CC2)c[nH]c1C(=O)O. The molecule has 2 N–H and O–H groups in total. The average Bonchev–Trinajstić information content (AvgIpc) is 3.14. The lowest BCUT2D eigenvalue weighted by Gasteiger charge is -2.18. The van der Waals surface area contributed by atoms with Gasteiger partial charge in [-0.25, -0.2) is 9.18 Å². The molecule has 23 heavy (non-hydrogen) atoms. The van der Waals surface area contributed by atoms with E-state index in [0.29, 0.717) is 29.5 Å². The summed E-state index contributed by atoms with van der Waals surface area (Å²) < 4.78 is 51.8. The maximum absolute atomic E-state index is 13.8. The fraction of sp³-hybridized carbons (Fsp3) is 0.312. The number of carboxylic acids is 1. The van der Waals surface area contributed by atoms with Gasteiger partial charge in [0, 0.05) is 11.6 Å². The largest absolute Gasteiger partial charge is 0.477 e. The Hall–Kier alpha value is -2.31. The highest BCUT2D eigenvalue weighted by atomic mass is 19.4. The van der Waals surface area contributed by atoms with Crippen LogP contribution in [0, 0.1) is 12.7 Å². The number of benzene rings is 1. The Kier molecular flexibility index (Phi) is 3.28. The molecule has 0 amide bonds. The van der Waals surface area contributed by atoms with Gasteiger partial charge in [-0.3, -0.25) is 0 Å². The van der Waals surface area contributed by atoms with Crippen molar-refractivity contribution in [2.45, 2.75) is 31.4 Å². The van der Waals surface area contributed by atoms with E-state index in [9.17, 15) is 22.4 Å². The second-order valence-electron chi connectivity index (χ2n) is 5.78. The number of halogens is 4. The van der Waals surface area contributed by atoms with Gasteiger partial charge in [-0.15, -0.1) is 0 Å². The zero-order valence-electron chi connectivity index (χ0n) is 12.1. The Labute approximate surface area is 128 Å². The van der Waals surface area contributed by atoms with E-state index < -0.39 is 28.9 Å². The molecule has 0 atom stereocenters. The van der Waals surface area contributed by atoms with Crippen LogP contribution in [0.15, 0.2) is 24.4 Å². The summed E-state index contributed by atoms with van der Waals surface area (Å²) in [4.78, 5) is 13.8. The first-order valence-electron chi connectivity index (χ1n) is 6.96. The molecule has 0 bridgehead atoms. The zero-order valence-corrected chi connectivity index (χ0v) is 12.1. The lowest BCUT2D eigenvalue weighted by Crippen LogP contribution is -2.13. The maximum atomic E-state index is 13.8. The molecule has 0 aliphatic heterocycles. The number of rotatable bonds is 3. The van der Waals surface area contributed by atoms with Crippen LogP contribution >= 0.6 is 0 Å². The molecule has 1 saturated carbocycles. The van der Waals surface area contributed by atoms with Gasteiger partial charge in [-0.05, 0) is 48.6 Å². The van der Waals surface area contributed by atoms with Crippen molar-refractivity contribution < 1.29 is 27.5 Å². The minimum Gasteiger partial charge on any atom is -0.477 e. The second-order valence-corrected chi connectivity index (χ2v) is 5.78. The van der Waals surface area contributed by atoms with Gasteiger partial charge in [-0.2, -0.15) is 13.2 Å². The third-order valence-electron chi connectivity index (χ3n) is 4.45. The van der Waals surface area contributed by atoms with Gasteiger partial charge in [0.05, 0.1) is 5.56 Å². The van der Waals surface area contributed by atoms with Crippen LogP contribution in [0.4, 0.5) is 17.6 Å². The van der Waals surface area contributed by atoms with E-state index in [1.54, 1.807) is 13.1 Å². The number of alkyl halides is 3. The van der Waals surface area contributed by atoms with Gasteiger partial charge < -0.3 is 10.1 Å². The van der Waals surface area contributed by atoms with Crippen molar-refractivity contribution in [2.75, 3.05) is 0 Å². The summed E-state index contributed by atoms with van der Waals surface area (Å²) in [5, 5.41) is 9.09. The topological polar surface area (TPSA) is 53.1 Å². The number of carbonyl (C=O) groups is 1. The molecule has 0 spiro atoms. The number of hydrogen-bond donors (Lipinski definition) is 2. The molecular formula is C16H13F4NO2. The van der Waals surface area contributed by atoms with Crippen LogP contribution in [0.5, 0.6) is 0 Å². The molecule has 122 valence electrons. The summed E-state index contributed by atoms with van der Waals surface area (Å²) in [7, 11) is 0. The molecule has 0 unspecified atom stereocenters. The third-order valence-corrected chi connectivity index (χ3v) is 4.45. The first-order chi connectivity index (χ1) is 10.7. The van der Waals surface area contributed by atoms with Crippen molar-refractivity contribution >= 4 is 5.97 Å². The van der Waals surface area contributed by atoms with Crippen LogP contribution in [-0.4, -0.2) is 16.1 Å². The molecule has 1 fully saturated rings. The lowest BCUT2D eigenvalue weighted by atomic mass is 9.86. The molecule has 1 aromatic heterocycles. The summed E-state index contributed by atoms with van der Waals surface area (Å²) in [5.74, 6) is -2.42. The third kappa shape index (κ3) is 2.40. The Morgan fingerprint density at radius 1 is 1.30 bits per heavy atom. The van der Waals surface area contributed by atoms with Crippen molar-refractivity contribution in [3.8, 4) is 0 Å². The van der Waals surface area contributed by atoms with Crippen molar-refractivity contribution in [1.29, 1.82) is 0 Å². The smallest absolute Gasteiger partial charge is 0.419 e. The van der Waals surface area contributed by atoms with Crippen molar-refractivity contribution in [3.05, 3.63) is 58.2 Å². The first-order valence-corrected chi connectivity index (χ1v) is 6.96.